The van der Waals surface area contributed by atoms with E-state index in [4.69, 9.17) is 19.3 Å². The summed E-state index contributed by atoms with van der Waals surface area (Å²) in [7, 11) is 3.01. The summed E-state index contributed by atoms with van der Waals surface area (Å²) in [6.07, 6.45) is 3.36. The van der Waals surface area contributed by atoms with Gasteiger partial charge in [0.2, 0.25) is 5.79 Å². The fraction of sp³-hybridized carbons (Fsp3) is 0.750. The second-order valence-electron chi connectivity index (χ2n) is 2.83. The van der Waals surface area contributed by atoms with Gasteiger partial charge in [-0.15, -0.1) is 0 Å². The summed E-state index contributed by atoms with van der Waals surface area (Å²) in [5, 5.41) is 8.99. The van der Waals surface area contributed by atoms with Crippen LogP contribution in [-0.4, -0.2) is 37.5 Å². The average Bonchev–Trinajstić information content (AvgIpc) is 2.46. The lowest BCUT2D eigenvalue weighted by molar-refractivity contribution is -0.296. The average molecular weight is 174 g/mol. The molecule has 4 heteroatoms. The highest BCUT2D eigenvalue weighted by Crippen LogP contribution is 2.31. The van der Waals surface area contributed by atoms with Gasteiger partial charge in [0.1, 0.15) is 6.61 Å². The van der Waals surface area contributed by atoms with Crippen LogP contribution in [-0.2, 0) is 14.2 Å². The highest BCUT2D eigenvalue weighted by molar-refractivity contribution is 5.10. The van der Waals surface area contributed by atoms with Crippen LogP contribution in [0, 0.1) is 0 Å². The van der Waals surface area contributed by atoms with Crippen LogP contribution in [0.4, 0.5) is 0 Å². The molecular weight excluding hydrogens is 160 g/mol. The molecule has 70 valence electrons. The first-order valence-electron chi connectivity index (χ1n) is 3.71. The van der Waals surface area contributed by atoms with Crippen molar-refractivity contribution in [3.63, 3.8) is 0 Å². The predicted octanol–water partition coefficient (Wildman–Crippen LogP) is 0.270. The highest BCUT2D eigenvalue weighted by atomic mass is 16.8. The molecule has 1 aliphatic heterocycles. The Kier molecular flexibility index (Phi) is 2.53. The highest BCUT2D eigenvalue weighted by Gasteiger charge is 2.42. The van der Waals surface area contributed by atoms with Crippen LogP contribution in [0.3, 0.4) is 0 Å². The standard InChI is InChI=1S/C8H14O4/c1-7(10-2)4-5-8(6-9,11-3)12-7/h4-5,9H,6H2,1-3H3. The maximum atomic E-state index is 8.99. The summed E-state index contributed by atoms with van der Waals surface area (Å²) in [6.45, 7) is 1.53. The fourth-order valence-electron chi connectivity index (χ4n) is 1.06. The lowest BCUT2D eigenvalue weighted by Gasteiger charge is -2.29. The van der Waals surface area contributed by atoms with Crippen molar-refractivity contribution in [1.29, 1.82) is 0 Å². The second-order valence-corrected chi connectivity index (χ2v) is 2.83. The smallest absolute Gasteiger partial charge is 0.214 e. The van der Waals surface area contributed by atoms with Gasteiger partial charge in [-0.1, -0.05) is 0 Å². The maximum Gasteiger partial charge on any atom is 0.214 e. The molecule has 2 atom stereocenters. The van der Waals surface area contributed by atoms with E-state index in [0.717, 1.165) is 0 Å². The predicted molar refractivity (Wildman–Crippen MR) is 42.5 cm³/mol. The molecule has 1 N–H and O–H groups in total. The van der Waals surface area contributed by atoms with Gasteiger partial charge in [0, 0.05) is 14.2 Å². The van der Waals surface area contributed by atoms with E-state index in [1.54, 1.807) is 19.1 Å². The van der Waals surface area contributed by atoms with Gasteiger partial charge in [0.05, 0.1) is 0 Å². The Morgan fingerprint density at radius 2 is 2.00 bits per heavy atom. The second kappa shape index (κ2) is 3.14. The molecule has 0 amide bonds. The quantitative estimate of drug-likeness (QED) is 0.624. The molecule has 1 heterocycles. The fourth-order valence-corrected chi connectivity index (χ4v) is 1.06. The third-order valence-corrected chi connectivity index (χ3v) is 1.99. The number of methoxy groups -OCH3 is 2. The van der Waals surface area contributed by atoms with Gasteiger partial charge in [0.15, 0.2) is 5.79 Å². The van der Waals surface area contributed by atoms with Crippen molar-refractivity contribution in [1.82, 2.24) is 0 Å². The Morgan fingerprint density at radius 3 is 2.25 bits per heavy atom. The number of aliphatic hydroxyl groups is 1. The van der Waals surface area contributed by atoms with Crippen molar-refractivity contribution < 1.29 is 19.3 Å². The first-order chi connectivity index (χ1) is 5.60. The van der Waals surface area contributed by atoms with Gasteiger partial charge in [-0.05, 0) is 19.1 Å². The van der Waals surface area contributed by atoms with Crippen LogP contribution >= 0.6 is 0 Å². The van der Waals surface area contributed by atoms with Crippen LogP contribution in [0.1, 0.15) is 6.92 Å². The molecule has 0 aromatic carbocycles. The first kappa shape index (κ1) is 9.67. The Labute approximate surface area is 71.7 Å². The Balaban J connectivity index is 2.73. The minimum Gasteiger partial charge on any atom is -0.390 e. The molecule has 0 aromatic rings. The van der Waals surface area contributed by atoms with Crippen molar-refractivity contribution in [3.05, 3.63) is 12.2 Å². The van der Waals surface area contributed by atoms with E-state index in [1.165, 1.54) is 14.2 Å². The zero-order chi connectivity index (χ0) is 9.24. The summed E-state index contributed by atoms with van der Waals surface area (Å²) < 4.78 is 15.4. The van der Waals surface area contributed by atoms with Crippen LogP contribution in [0.5, 0.6) is 0 Å². The normalized spacial score (nSPS) is 40.7. The van der Waals surface area contributed by atoms with Crippen molar-refractivity contribution in [2.45, 2.75) is 18.5 Å². The van der Waals surface area contributed by atoms with Gasteiger partial charge in [-0.25, -0.2) is 0 Å². The minimum atomic E-state index is -1.04. The maximum absolute atomic E-state index is 8.99. The van der Waals surface area contributed by atoms with Gasteiger partial charge in [0.25, 0.3) is 0 Å². The molecule has 0 saturated carbocycles. The van der Waals surface area contributed by atoms with E-state index in [9.17, 15) is 0 Å². The molecule has 12 heavy (non-hydrogen) atoms. The molecule has 0 spiro atoms. The zero-order valence-electron chi connectivity index (χ0n) is 7.53. The molecule has 0 aromatic heterocycles. The lowest BCUT2D eigenvalue weighted by Crippen LogP contribution is -2.40. The third-order valence-electron chi connectivity index (χ3n) is 1.99. The third kappa shape index (κ3) is 1.51. The summed E-state index contributed by atoms with van der Waals surface area (Å²) in [5.41, 5.74) is 0. The van der Waals surface area contributed by atoms with Gasteiger partial charge >= 0.3 is 0 Å². The van der Waals surface area contributed by atoms with Crippen molar-refractivity contribution in [2.75, 3.05) is 20.8 Å². The van der Waals surface area contributed by atoms with Crippen LogP contribution in [0.25, 0.3) is 0 Å². The Bertz CT molecular complexity index is 185. The summed E-state index contributed by atoms with van der Waals surface area (Å²) in [6, 6.07) is 0. The Hall–Kier alpha value is -0.420. The molecule has 0 saturated heterocycles. The molecule has 2 unspecified atom stereocenters. The number of hydrogen-bond acceptors (Lipinski definition) is 4. The molecule has 0 radical (unpaired) electrons. The van der Waals surface area contributed by atoms with Gasteiger partial charge < -0.3 is 19.3 Å². The van der Waals surface area contributed by atoms with Crippen molar-refractivity contribution >= 4 is 0 Å². The van der Waals surface area contributed by atoms with E-state index >= 15 is 0 Å². The minimum absolute atomic E-state index is 0.223. The number of aliphatic hydroxyl groups excluding tert-OH is 1. The SMILES string of the molecule is COC1(C)C=CC(CO)(OC)O1. The molecule has 0 bridgehead atoms. The topological polar surface area (TPSA) is 47.9 Å². The van der Waals surface area contributed by atoms with E-state index < -0.39 is 11.6 Å². The van der Waals surface area contributed by atoms with Crippen molar-refractivity contribution in [3.8, 4) is 0 Å². The molecule has 1 rings (SSSR count). The molecule has 0 aliphatic carbocycles. The van der Waals surface area contributed by atoms with Crippen LogP contribution in [0.2, 0.25) is 0 Å². The number of hydrogen-bond donors (Lipinski definition) is 1. The lowest BCUT2D eigenvalue weighted by atomic mass is 10.3. The largest absolute Gasteiger partial charge is 0.390 e. The monoisotopic (exact) mass is 174 g/mol. The van der Waals surface area contributed by atoms with Gasteiger partial charge in [-0.2, -0.15) is 0 Å². The summed E-state index contributed by atoms with van der Waals surface area (Å²) in [5.74, 6) is -1.83. The Morgan fingerprint density at radius 1 is 1.33 bits per heavy atom. The zero-order valence-corrected chi connectivity index (χ0v) is 7.53. The van der Waals surface area contributed by atoms with Crippen LogP contribution in [0.15, 0.2) is 12.2 Å². The molecule has 1 aliphatic rings. The molecular formula is C8H14O4. The van der Waals surface area contributed by atoms with Crippen molar-refractivity contribution in [2.24, 2.45) is 0 Å². The first-order valence-corrected chi connectivity index (χ1v) is 3.71. The van der Waals surface area contributed by atoms with E-state index in [-0.39, 0.29) is 6.61 Å². The molecule has 0 fully saturated rings. The van der Waals surface area contributed by atoms with Gasteiger partial charge in [-0.3, -0.25) is 0 Å². The van der Waals surface area contributed by atoms with Crippen LogP contribution < -0.4 is 0 Å². The summed E-state index contributed by atoms with van der Waals surface area (Å²) in [4.78, 5) is 0. The van der Waals surface area contributed by atoms with E-state index in [2.05, 4.69) is 0 Å². The number of ether oxygens (including phenoxy) is 3. The van der Waals surface area contributed by atoms with E-state index in [0.29, 0.717) is 0 Å². The van der Waals surface area contributed by atoms with E-state index in [1.807, 2.05) is 0 Å². The summed E-state index contributed by atoms with van der Waals surface area (Å²) >= 11 is 0. The number of rotatable bonds is 3. The molecule has 4 nitrogen and oxygen atoms in total.